The van der Waals surface area contributed by atoms with Crippen molar-refractivity contribution in [1.29, 1.82) is 0 Å². The largest absolute Gasteiger partial charge is 0.391 e. The summed E-state index contributed by atoms with van der Waals surface area (Å²) in [6.07, 6.45) is 15.4. The molecule has 0 radical (unpaired) electrons. The molecule has 0 amide bonds. The SMILES string of the molecule is CC1=C(/C=C/C(C)=C\C=C\C(C)=C\C(=O)OS)C(C)(C)CCC1. The predicted octanol–water partition coefficient (Wildman–Crippen LogP) is 5.91. The lowest BCUT2D eigenvalue weighted by atomic mass is 9.72. The number of allylic oxidation sites excluding steroid dienone is 9. The molecular weight excluding hydrogens is 304 g/mol. The van der Waals surface area contributed by atoms with E-state index in [9.17, 15) is 4.79 Å². The van der Waals surface area contributed by atoms with Crippen LogP contribution in [0.15, 0.2) is 58.7 Å². The molecule has 0 fully saturated rings. The smallest absolute Gasteiger partial charge is 0.342 e. The fourth-order valence-corrected chi connectivity index (χ4v) is 2.95. The summed E-state index contributed by atoms with van der Waals surface area (Å²) in [7, 11) is 0. The first-order chi connectivity index (χ1) is 10.8. The highest BCUT2D eigenvalue weighted by molar-refractivity contribution is 7.75. The van der Waals surface area contributed by atoms with Gasteiger partial charge in [0, 0.05) is 19.0 Å². The molecule has 0 aliphatic heterocycles. The number of rotatable bonds is 5. The van der Waals surface area contributed by atoms with Gasteiger partial charge in [0.1, 0.15) is 0 Å². The Hall–Kier alpha value is -1.48. The minimum absolute atomic E-state index is 0.265. The lowest BCUT2D eigenvalue weighted by Gasteiger charge is -2.32. The van der Waals surface area contributed by atoms with Crippen molar-refractivity contribution in [3.63, 3.8) is 0 Å². The number of carbonyl (C=O) groups excluding carboxylic acids is 1. The van der Waals surface area contributed by atoms with Crippen LogP contribution in [0.4, 0.5) is 0 Å². The van der Waals surface area contributed by atoms with Crippen molar-refractivity contribution < 1.29 is 8.98 Å². The summed E-state index contributed by atoms with van der Waals surface area (Å²) in [4.78, 5) is 11.0. The molecule has 2 nitrogen and oxygen atoms in total. The standard InChI is InChI=1S/C20H28O2S/c1-15(8-6-9-16(2)14-19(21)22-23)11-12-18-17(3)10-7-13-20(18,4)5/h6,8-9,11-12,14,23H,7,10,13H2,1-5H3/b9-6+,12-11+,15-8-,16-14+. The highest BCUT2D eigenvalue weighted by atomic mass is 32.1. The highest BCUT2D eigenvalue weighted by Crippen LogP contribution is 2.40. The molecule has 0 N–H and O–H groups in total. The van der Waals surface area contributed by atoms with E-state index in [2.05, 4.69) is 56.9 Å². The zero-order valence-corrected chi connectivity index (χ0v) is 15.7. The first kappa shape index (κ1) is 19.6. The van der Waals surface area contributed by atoms with Crippen molar-refractivity contribution in [2.24, 2.45) is 5.41 Å². The molecule has 0 saturated carbocycles. The maximum Gasteiger partial charge on any atom is 0.342 e. The molecule has 0 unspecified atom stereocenters. The molecule has 23 heavy (non-hydrogen) atoms. The average Bonchev–Trinajstić information content (AvgIpc) is 2.45. The molecule has 3 heteroatoms. The number of carbonyl (C=O) groups is 1. The molecule has 0 saturated heterocycles. The van der Waals surface area contributed by atoms with E-state index in [0.717, 1.165) is 5.57 Å². The summed E-state index contributed by atoms with van der Waals surface area (Å²) in [5, 5.41) is 0. The Morgan fingerprint density at radius 3 is 2.52 bits per heavy atom. The van der Waals surface area contributed by atoms with Crippen molar-refractivity contribution in [1.82, 2.24) is 0 Å². The fraction of sp³-hybridized carbons (Fsp3) is 0.450. The molecule has 0 aromatic rings. The summed E-state index contributed by atoms with van der Waals surface area (Å²) in [6.45, 7) is 10.8. The van der Waals surface area contributed by atoms with Gasteiger partial charge in [-0.3, -0.25) is 0 Å². The van der Waals surface area contributed by atoms with Crippen LogP contribution >= 0.6 is 12.9 Å². The van der Waals surface area contributed by atoms with Crippen LogP contribution < -0.4 is 0 Å². The van der Waals surface area contributed by atoms with Crippen LogP contribution in [0, 0.1) is 5.41 Å². The third kappa shape index (κ3) is 6.66. The van der Waals surface area contributed by atoms with E-state index in [1.165, 1.54) is 42.1 Å². The number of hydrogen-bond donors (Lipinski definition) is 1. The van der Waals surface area contributed by atoms with Crippen molar-refractivity contribution >= 4 is 18.9 Å². The molecule has 0 spiro atoms. The molecule has 0 aromatic carbocycles. The quantitative estimate of drug-likeness (QED) is 0.293. The minimum atomic E-state index is -0.460. The molecule has 0 bridgehead atoms. The zero-order chi connectivity index (χ0) is 17.5. The Morgan fingerprint density at radius 2 is 1.91 bits per heavy atom. The lowest BCUT2D eigenvalue weighted by molar-refractivity contribution is -0.127. The first-order valence-electron chi connectivity index (χ1n) is 8.03. The van der Waals surface area contributed by atoms with E-state index >= 15 is 0 Å². The van der Waals surface area contributed by atoms with Gasteiger partial charge in [-0.1, -0.05) is 55.4 Å². The van der Waals surface area contributed by atoms with Gasteiger partial charge >= 0.3 is 5.97 Å². The second-order valence-electron chi connectivity index (χ2n) is 6.83. The summed E-state index contributed by atoms with van der Waals surface area (Å²) >= 11 is 3.47. The van der Waals surface area contributed by atoms with Gasteiger partial charge in [0.05, 0.1) is 0 Å². The van der Waals surface area contributed by atoms with E-state index in [0.29, 0.717) is 0 Å². The summed E-state index contributed by atoms with van der Waals surface area (Å²) in [5.74, 6) is -0.460. The van der Waals surface area contributed by atoms with Crippen molar-refractivity contribution in [3.8, 4) is 0 Å². The Bertz CT molecular complexity index is 587. The van der Waals surface area contributed by atoms with Gasteiger partial charge in [-0.15, -0.1) is 0 Å². The van der Waals surface area contributed by atoms with Crippen LogP contribution in [0.25, 0.3) is 0 Å². The molecule has 0 atom stereocenters. The molecule has 126 valence electrons. The van der Waals surface area contributed by atoms with Gasteiger partial charge in [0.2, 0.25) is 0 Å². The lowest BCUT2D eigenvalue weighted by Crippen LogP contribution is -2.19. The van der Waals surface area contributed by atoms with Gasteiger partial charge in [-0.2, -0.15) is 0 Å². The van der Waals surface area contributed by atoms with E-state index in [-0.39, 0.29) is 5.41 Å². The van der Waals surface area contributed by atoms with E-state index in [4.69, 9.17) is 0 Å². The Labute approximate surface area is 146 Å². The number of hydrogen-bond acceptors (Lipinski definition) is 3. The normalized spacial score (nSPS) is 19.7. The van der Waals surface area contributed by atoms with Gasteiger partial charge in [-0.25, -0.2) is 4.79 Å². The number of thiol groups is 1. The van der Waals surface area contributed by atoms with Gasteiger partial charge in [0.25, 0.3) is 0 Å². The van der Waals surface area contributed by atoms with Gasteiger partial charge < -0.3 is 4.18 Å². The molecular formula is C20H28O2S. The first-order valence-corrected chi connectivity index (χ1v) is 8.40. The van der Waals surface area contributed by atoms with E-state index in [1.807, 2.05) is 25.2 Å². The van der Waals surface area contributed by atoms with Gasteiger partial charge in [0.15, 0.2) is 0 Å². The molecule has 0 aromatic heterocycles. The fourth-order valence-electron chi connectivity index (χ4n) is 2.89. The van der Waals surface area contributed by atoms with Crippen molar-refractivity contribution in [2.75, 3.05) is 0 Å². The topological polar surface area (TPSA) is 26.3 Å². The summed E-state index contributed by atoms with van der Waals surface area (Å²) in [5.41, 5.74) is 5.23. The molecule has 1 aliphatic rings. The molecule has 0 heterocycles. The van der Waals surface area contributed by atoms with Crippen LogP contribution in [-0.2, 0) is 8.98 Å². The van der Waals surface area contributed by atoms with Gasteiger partial charge in [-0.05, 0) is 56.6 Å². The predicted molar refractivity (Wildman–Crippen MR) is 101 cm³/mol. The monoisotopic (exact) mass is 332 g/mol. The second-order valence-corrected chi connectivity index (χ2v) is 7.02. The Kier molecular flexibility index (Phi) is 7.63. The van der Waals surface area contributed by atoms with Crippen LogP contribution in [-0.4, -0.2) is 5.97 Å². The maximum atomic E-state index is 11.0. The van der Waals surface area contributed by atoms with E-state index < -0.39 is 5.97 Å². The molecule has 1 aliphatic carbocycles. The average molecular weight is 333 g/mol. The molecule has 1 rings (SSSR count). The Balaban J connectivity index is 2.77. The van der Waals surface area contributed by atoms with Crippen molar-refractivity contribution in [3.05, 3.63) is 58.7 Å². The Morgan fingerprint density at radius 1 is 1.22 bits per heavy atom. The highest BCUT2D eigenvalue weighted by Gasteiger charge is 2.26. The minimum Gasteiger partial charge on any atom is -0.391 e. The van der Waals surface area contributed by atoms with Crippen LogP contribution in [0.2, 0.25) is 0 Å². The summed E-state index contributed by atoms with van der Waals surface area (Å²) in [6, 6.07) is 0. The third-order valence-corrected chi connectivity index (χ3v) is 4.39. The maximum absolute atomic E-state index is 11.0. The summed E-state index contributed by atoms with van der Waals surface area (Å²) < 4.78 is 4.30. The van der Waals surface area contributed by atoms with Crippen molar-refractivity contribution in [2.45, 2.75) is 53.9 Å². The van der Waals surface area contributed by atoms with Crippen LogP contribution in [0.3, 0.4) is 0 Å². The van der Waals surface area contributed by atoms with E-state index in [1.54, 1.807) is 0 Å². The van der Waals surface area contributed by atoms with Crippen LogP contribution in [0.5, 0.6) is 0 Å². The van der Waals surface area contributed by atoms with Crippen LogP contribution in [0.1, 0.15) is 53.9 Å². The zero-order valence-electron chi connectivity index (χ0n) is 14.8. The second kappa shape index (κ2) is 8.97. The third-order valence-electron chi connectivity index (χ3n) is 4.21.